The Balaban J connectivity index is 1.60. The highest BCUT2D eigenvalue weighted by Gasteiger charge is 2.31. The van der Waals surface area contributed by atoms with Gasteiger partial charge in [0, 0.05) is 0 Å². The molecule has 4 aromatic rings. The van der Waals surface area contributed by atoms with Gasteiger partial charge in [-0.2, -0.15) is 21.9 Å². The minimum Gasteiger partial charge on any atom is -0.499 e. The summed E-state index contributed by atoms with van der Waals surface area (Å²) < 4.78 is 16.4. The average Bonchev–Trinajstić information content (AvgIpc) is 2.93. The quantitative estimate of drug-likeness (QED) is 0.172. The summed E-state index contributed by atoms with van der Waals surface area (Å²) in [5.41, 5.74) is 6.31. The lowest BCUT2D eigenvalue weighted by Crippen LogP contribution is -2.74. The Labute approximate surface area is 208 Å². The van der Waals surface area contributed by atoms with Crippen molar-refractivity contribution in [3.8, 4) is 0 Å². The van der Waals surface area contributed by atoms with Crippen LogP contribution in [0.1, 0.15) is 5.56 Å². The predicted octanol–water partition coefficient (Wildman–Crippen LogP) is 3.76. The first-order valence-electron chi connectivity index (χ1n) is 12.1. The highest BCUT2D eigenvalue weighted by Crippen LogP contribution is 2.11. The predicted molar refractivity (Wildman–Crippen MR) is 147 cm³/mol. The van der Waals surface area contributed by atoms with Gasteiger partial charge in [-0.25, -0.2) is 0 Å². The Morgan fingerprint density at radius 2 is 0.943 bits per heavy atom. The summed E-state index contributed by atoms with van der Waals surface area (Å²) in [7, 11) is 0. The SMILES string of the molecule is C=COCCOCCOCc1ccc([B-](c2ccccc2)(c2ccccc2)c2ccccc2)cc1. The Morgan fingerprint density at radius 3 is 1.43 bits per heavy atom. The molecular weight excluding hydrogens is 431 g/mol. The Hall–Kier alpha value is -3.60. The molecule has 35 heavy (non-hydrogen) atoms. The fourth-order valence-corrected chi connectivity index (χ4v) is 4.88. The van der Waals surface area contributed by atoms with E-state index in [0.717, 1.165) is 5.56 Å². The number of rotatable bonds is 13. The van der Waals surface area contributed by atoms with Crippen LogP contribution in [0, 0.1) is 0 Å². The number of benzene rings is 4. The summed E-state index contributed by atoms with van der Waals surface area (Å²) in [6, 6.07) is 41.4. The van der Waals surface area contributed by atoms with Crippen LogP contribution < -0.4 is 21.9 Å². The molecule has 0 amide bonds. The van der Waals surface area contributed by atoms with Crippen LogP contribution in [0.4, 0.5) is 0 Å². The first kappa shape index (κ1) is 24.5. The van der Waals surface area contributed by atoms with Gasteiger partial charge in [0.1, 0.15) is 12.8 Å². The van der Waals surface area contributed by atoms with Crippen LogP contribution in [0.5, 0.6) is 0 Å². The van der Waals surface area contributed by atoms with E-state index in [1.54, 1.807) is 0 Å². The van der Waals surface area contributed by atoms with Gasteiger partial charge in [0.15, 0.2) is 0 Å². The number of hydrogen-bond acceptors (Lipinski definition) is 3. The Bertz CT molecular complexity index is 1050. The molecule has 0 radical (unpaired) electrons. The van der Waals surface area contributed by atoms with Crippen molar-refractivity contribution in [1.29, 1.82) is 0 Å². The van der Waals surface area contributed by atoms with Gasteiger partial charge < -0.3 is 14.2 Å². The first-order chi connectivity index (χ1) is 17.4. The summed E-state index contributed by atoms with van der Waals surface area (Å²) in [6.45, 7) is 6.20. The maximum atomic E-state index is 5.82. The molecule has 3 nitrogen and oxygen atoms in total. The average molecular weight is 463 g/mol. The second kappa shape index (κ2) is 12.8. The topological polar surface area (TPSA) is 27.7 Å². The van der Waals surface area contributed by atoms with Gasteiger partial charge in [-0.3, -0.25) is 0 Å². The lowest BCUT2D eigenvalue weighted by Gasteiger charge is -2.44. The lowest BCUT2D eigenvalue weighted by molar-refractivity contribution is 0.0252. The maximum Gasteiger partial charge on any atom is 0.111 e. The van der Waals surface area contributed by atoms with Crippen molar-refractivity contribution < 1.29 is 14.2 Å². The van der Waals surface area contributed by atoms with Gasteiger partial charge in [0.05, 0.1) is 32.7 Å². The van der Waals surface area contributed by atoms with Crippen LogP contribution in [0.2, 0.25) is 0 Å². The normalized spacial score (nSPS) is 11.2. The molecule has 0 saturated carbocycles. The summed E-state index contributed by atoms with van der Waals surface area (Å²) in [4.78, 5) is 0. The van der Waals surface area contributed by atoms with Crippen LogP contribution in [-0.4, -0.2) is 32.6 Å². The van der Waals surface area contributed by atoms with Crippen molar-refractivity contribution in [1.82, 2.24) is 0 Å². The van der Waals surface area contributed by atoms with Gasteiger partial charge in [-0.15, -0.1) is 0 Å². The third kappa shape index (κ3) is 5.91. The summed E-state index contributed by atoms with van der Waals surface area (Å²) >= 11 is 0. The van der Waals surface area contributed by atoms with Crippen molar-refractivity contribution in [3.05, 3.63) is 134 Å². The number of hydrogen-bond donors (Lipinski definition) is 0. The fraction of sp³-hybridized carbons (Fsp3) is 0.161. The zero-order valence-corrected chi connectivity index (χ0v) is 20.1. The monoisotopic (exact) mass is 463 g/mol. The lowest BCUT2D eigenvalue weighted by atomic mass is 9.13. The van der Waals surface area contributed by atoms with Crippen LogP contribution >= 0.6 is 0 Å². The van der Waals surface area contributed by atoms with E-state index >= 15 is 0 Å². The molecule has 0 bridgehead atoms. The van der Waals surface area contributed by atoms with Gasteiger partial charge in [-0.05, 0) is 5.56 Å². The molecule has 0 fully saturated rings. The second-order valence-corrected chi connectivity index (χ2v) is 8.54. The van der Waals surface area contributed by atoms with Crippen molar-refractivity contribution in [2.75, 3.05) is 26.4 Å². The van der Waals surface area contributed by atoms with Crippen molar-refractivity contribution in [3.63, 3.8) is 0 Å². The highest BCUT2D eigenvalue weighted by atomic mass is 16.5. The zero-order chi connectivity index (χ0) is 24.2. The van der Waals surface area contributed by atoms with Crippen LogP contribution in [-0.2, 0) is 20.8 Å². The molecule has 0 heterocycles. The molecule has 0 aliphatic carbocycles. The molecule has 0 spiro atoms. The molecule has 0 aliphatic heterocycles. The van der Waals surface area contributed by atoms with Crippen LogP contribution in [0.25, 0.3) is 0 Å². The Kier molecular flexibility index (Phi) is 8.94. The van der Waals surface area contributed by atoms with Gasteiger partial charge in [0.25, 0.3) is 0 Å². The molecule has 178 valence electrons. The van der Waals surface area contributed by atoms with E-state index < -0.39 is 6.15 Å². The summed E-state index contributed by atoms with van der Waals surface area (Å²) in [6.07, 6.45) is 0.0810. The molecule has 4 aromatic carbocycles. The van der Waals surface area contributed by atoms with Crippen LogP contribution in [0.15, 0.2) is 128 Å². The minimum atomic E-state index is -1.34. The van der Waals surface area contributed by atoms with Gasteiger partial charge >= 0.3 is 0 Å². The fourth-order valence-electron chi connectivity index (χ4n) is 4.88. The Morgan fingerprint density at radius 1 is 0.514 bits per heavy atom. The van der Waals surface area contributed by atoms with Crippen LogP contribution in [0.3, 0.4) is 0 Å². The molecule has 0 aliphatic rings. The van der Waals surface area contributed by atoms with E-state index in [0.29, 0.717) is 33.0 Å². The van der Waals surface area contributed by atoms with E-state index in [2.05, 4.69) is 122 Å². The van der Waals surface area contributed by atoms with Crippen molar-refractivity contribution in [2.24, 2.45) is 0 Å². The van der Waals surface area contributed by atoms with Crippen molar-refractivity contribution in [2.45, 2.75) is 6.61 Å². The zero-order valence-electron chi connectivity index (χ0n) is 20.1. The number of ether oxygens (including phenoxy) is 3. The standard InChI is InChI=1S/C31H32BO3/c1-2-33-22-23-34-24-25-35-26-27-18-20-31(21-19-27)32(28-12-6-3-7-13-28,29-14-8-4-9-15-29)30-16-10-5-11-17-30/h2-21H,1,22-26H2/q-1. The van der Waals surface area contributed by atoms with Crippen molar-refractivity contribution >= 4 is 28.0 Å². The van der Waals surface area contributed by atoms with E-state index in [9.17, 15) is 0 Å². The molecule has 0 aromatic heterocycles. The summed E-state index contributed by atoms with van der Waals surface area (Å²) in [5, 5.41) is 0. The van der Waals surface area contributed by atoms with E-state index in [1.807, 2.05) is 0 Å². The van der Waals surface area contributed by atoms with Gasteiger partial charge in [0.2, 0.25) is 0 Å². The van der Waals surface area contributed by atoms with E-state index in [1.165, 1.54) is 28.1 Å². The molecule has 0 unspecified atom stereocenters. The molecular formula is C31H32BO3-. The summed E-state index contributed by atoms with van der Waals surface area (Å²) in [5.74, 6) is 0. The van der Waals surface area contributed by atoms with E-state index in [-0.39, 0.29) is 0 Å². The third-order valence-corrected chi connectivity index (χ3v) is 6.48. The first-order valence-corrected chi connectivity index (χ1v) is 12.1. The molecule has 0 saturated heterocycles. The molecule has 4 heteroatoms. The third-order valence-electron chi connectivity index (χ3n) is 6.48. The highest BCUT2D eigenvalue weighted by molar-refractivity contribution is 7.19. The maximum absolute atomic E-state index is 5.82. The largest absolute Gasteiger partial charge is 0.499 e. The molecule has 0 atom stereocenters. The van der Waals surface area contributed by atoms with E-state index in [4.69, 9.17) is 14.2 Å². The second-order valence-electron chi connectivity index (χ2n) is 8.54. The molecule has 0 N–H and O–H groups in total. The molecule has 4 rings (SSSR count). The van der Waals surface area contributed by atoms with Gasteiger partial charge in [-0.1, -0.05) is 122 Å². The smallest absolute Gasteiger partial charge is 0.111 e. The minimum absolute atomic E-state index is 0.513.